The summed E-state index contributed by atoms with van der Waals surface area (Å²) in [6, 6.07) is 6.22. The number of amides is 1. The molecule has 0 unspecified atom stereocenters. The number of aromatic nitrogens is 1. The number of fused-ring (bicyclic) bond motifs is 1. The van der Waals surface area contributed by atoms with Crippen LogP contribution in [0.25, 0.3) is 11.3 Å². The van der Waals surface area contributed by atoms with Gasteiger partial charge in [-0.1, -0.05) is 18.5 Å². The fourth-order valence-corrected chi connectivity index (χ4v) is 3.26. The molecule has 0 aliphatic carbocycles. The molecule has 26 heavy (non-hydrogen) atoms. The smallest absolute Gasteiger partial charge is 0.224 e. The predicted octanol–water partition coefficient (Wildman–Crippen LogP) is 3.49. The van der Waals surface area contributed by atoms with E-state index in [4.69, 9.17) is 4.52 Å². The van der Waals surface area contributed by atoms with Gasteiger partial charge in [-0.2, -0.15) is 0 Å². The highest BCUT2D eigenvalue weighted by Gasteiger charge is 2.27. The van der Waals surface area contributed by atoms with Crippen LogP contribution in [0.5, 0.6) is 0 Å². The Kier molecular flexibility index (Phi) is 6.04. The van der Waals surface area contributed by atoms with E-state index in [1.54, 1.807) is 12.1 Å². The normalized spacial score (nSPS) is 13.9. The van der Waals surface area contributed by atoms with Gasteiger partial charge in [0.25, 0.3) is 0 Å². The topological polar surface area (TPSA) is 49.6 Å². The van der Waals surface area contributed by atoms with Gasteiger partial charge in [0, 0.05) is 30.6 Å². The van der Waals surface area contributed by atoms with E-state index in [1.807, 2.05) is 4.90 Å². The highest BCUT2D eigenvalue weighted by Crippen LogP contribution is 2.30. The molecule has 1 aromatic carbocycles. The summed E-state index contributed by atoms with van der Waals surface area (Å²) >= 11 is 0. The molecule has 0 N–H and O–H groups in total. The van der Waals surface area contributed by atoms with Gasteiger partial charge < -0.3 is 14.3 Å². The van der Waals surface area contributed by atoms with Crippen LogP contribution in [-0.2, 0) is 17.8 Å². The maximum absolute atomic E-state index is 13.1. The van der Waals surface area contributed by atoms with Crippen molar-refractivity contribution in [1.82, 2.24) is 15.0 Å². The summed E-state index contributed by atoms with van der Waals surface area (Å²) in [6.45, 7) is 5.12. The number of hydrogen-bond donors (Lipinski definition) is 0. The molecule has 1 aliphatic heterocycles. The van der Waals surface area contributed by atoms with Crippen molar-refractivity contribution >= 4 is 5.91 Å². The Bertz CT molecular complexity index is 742. The molecule has 0 saturated carbocycles. The van der Waals surface area contributed by atoms with Crippen molar-refractivity contribution in [3.63, 3.8) is 0 Å². The molecule has 0 spiro atoms. The fourth-order valence-electron chi connectivity index (χ4n) is 3.26. The zero-order valence-electron chi connectivity index (χ0n) is 15.5. The summed E-state index contributed by atoms with van der Waals surface area (Å²) in [5.74, 6) is 0.569. The van der Waals surface area contributed by atoms with Gasteiger partial charge in [0.2, 0.25) is 5.91 Å². The van der Waals surface area contributed by atoms with E-state index in [1.165, 1.54) is 12.1 Å². The molecule has 5 nitrogen and oxygen atoms in total. The van der Waals surface area contributed by atoms with E-state index in [0.29, 0.717) is 31.7 Å². The Morgan fingerprint density at radius 3 is 2.81 bits per heavy atom. The van der Waals surface area contributed by atoms with Crippen LogP contribution in [0, 0.1) is 5.82 Å². The summed E-state index contributed by atoms with van der Waals surface area (Å²) in [7, 11) is 2.06. The number of carbonyl (C=O) groups excluding carboxylic acids is 1. The molecule has 140 valence electrons. The summed E-state index contributed by atoms with van der Waals surface area (Å²) in [6.07, 6.45) is 3.56. The highest BCUT2D eigenvalue weighted by molar-refractivity contribution is 5.77. The molecule has 2 aromatic rings. The highest BCUT2D eigenvalue weighted by atomic mass is 19.1. The van der Waals surface area contributed by atoms with Crippen molar-refractivity contribution < 1.29 is 13.7 Å². The minimum atomic E-state index is -0.275. The van der Waals surface area contributed by atoms with E-state index < -0.39 is 0 Å². The monoisotopic (exact) mass is 359 g/mol. The minimum Gasteiger partial charge on any atom is -0.356 e. The van der Waals surface area contributed by atoms with Gasteiger partial charge in [0.05, 0.1) is 6.54 Å². The molecule has 0 atom stereocenters. The summed E-state index contributed by atoms with van der Waals surface area (Å²) < 4.78 is 18.6. The number of hydrogen-bond acceptors (Lipinski definition) is 4. The van der Waals surface area contributed by atoms with Gasteiger partial charge in [0.1, 0.15) is 11.5 Å². The Hall–Kier alpha value is -2.21. The van der Waals surface area contributed by atoms with E-state index in [0.717, 1.165) is 42.8 Å². The van der Waals surface area contributed by atoms with Crippen molar-refractivity contribution in [2.75, 3.05) is 26.7 Å². The van der Waals surface area contributed by atoms with Crippen LogP contribution in [0.2, 0.25) is 0 Å². The van der Waals surface area contributed by atoms with Crippen LogP contribution in [0.15, 0.2) is 28.8 Å². The van der Waals surface area contributed by atoms with Crippen LogP contribution in [0.3, 0.4) is 0 Å². The second-order valence-electron chi connectivity index (χ2n) is 6.92. The molecule has 1 aliphatic rings. The van der Waals surface area contributed by atoms with E-state index in [2.05, 4.69) is 24.0 Å². The number of unbranched alkanes of at least 4 members (excludes halogenated alkanes) is 1. The molecular weight excluding hydrogens is 333 g/mol. The first-order chi connectivity index (χ1) is 12.6. The van der Waals surface area contributed by atoms with Gasteiger partial charge in [-0.25, -0.2) is 4.39 Å². The van der Waals surface area contributed by atoms with Crippen LogP contribution >= 0.6 is 0 Å². The third kappa shape index (κ3) is 4.30. The average molecular weight is 359 g/mol. The van der Waals surface area contributed by atoms with Crippen molar-refractivity contribution in [3.8, 4) is 11.3 Å². The average Bonchev–Trinajstić information content (AvgIpc) is 3.08. The summed E-state index contributed by atoms with van der Waals surface area (Å²) in [5.41, 5.74) is 2.65. The zero-order chi connectivity index (χ0) is 18.5. The van der Waals surface area contributed by atoms with Crippen LogP contribution < -0.4 is 0 Å². The lowest BCUT2D eigenvalue weighted by molar-refractivity contribution is -0.132. The minimum absolute atomic E-state index is 0.158. The first-order valence-electron chi connectivity index (χ1n) is 9.28. The van der Waals surface area contributed by atoms with Gasteiger partial charge in [0.15, 0.2) is 5.76 Å². The molecule has 3 rings (SSSR count). The first-order valence-corrected chi connectivity index (χ1v) is 9.28. The van der Waals surface area contributed by atoms with Gasteiger partial charge in [-0.05, 0) is 50.7 Å². The summed E-state index contributed by atoms with van der Waals surface area (Å²) in [5, 5.41) is 4.15. The number of rotatable bonds is 7. The molecule has 1 amide bonds. The molecule has 0 bridgehead atoms. The molecule has 0 saturated heterocycles. The number of carbonyl (C=O) groups is 1. The van der Waals surface area contributed by atoms with E-state index in [-0.39, 0.29) is 11.7 Å². The third-order valence-electron chi connectivity index (χ3n) is 4.90. The molecule has 6 heteroatoms. The Labute approximate surface area is 153 Å². The molecule has 1 aromatic heterocycles. The molecule has 0 radical (unpaired) electrons. The standard InChI is InChI=1S/C20H26FN3O2/c1-3-4-11-23(2)12-10-19(25)24-13-9-17-18(14-24)22-26-20(17)15-5-7-16(21)8-6-15/h5-8H,3-4,9-14H2,1-2H3. The van der Waals surface area contributed by atoms with Crippen LogP contribution in [-0.4, -0.2) is 47.5 Å². The Morgan fingerprint density at radius 1 is 1.31 bits per heavy atom. The van der Waals surface area contributed by atoms with Gasteiger partial charge in [-0.15, -0.1) is 0 Å². The lowest BCUT2D eigenvalue weighted by atomic mass is 10.0. The fraction of sp³-hybridized carbons (Fsp3) is 0.500. The maximum Gasteiger partial charge on any atom is 0.224 e. The lowest BCUT2D eigenvalue weighted by Gasteiger charge is -2.27. The second-order valence-corrected chi connectivity index (χ2v) is 6.92. The second kappa shape index (κ2) is 8.45. The Morgan fingerprint density at radius 2 is 2.08 bits per heavy atom. The van der Waals surface area contributed by atoms with Gasteiger partial charge >= 0.3 is 0 Å². The lowest BCUT2D eigenvalue weighted by Crippen LogP contribution is -2.37. The van der Waals surface area contributed by atoms with Gasteiger partial charge in [-0.3, -0.25) is 4.79 Å². The van der Waals surface area contributed by atoms with E-state index >= 15 is 0 Å². The number of nitrogens with zero attached hydrogens (tertiary/aromatic N) is 3. The predicted molar refractivity (Wildman–Crippen MR) is 98.0 cm³/mol. The number of benzene rings is 1. The van der Waals surface area contributed by atoms with Crippen molar-refractivity contribution in [2.45, 2.75) is 39.2 Å². The van der Waals surface area contributed by atoms with Crippen molar-refractivity contribution in [1.29, 1.82) is 0 Å². The Balaban J connectivity index is 1.60. The SMILES string of the molecule is CCCCN(C)CCC(=O)N1CCc2c(noc2-c2ccc(F)cc2)C1. The quantitative estimate of drug-likeness (QED) is 0.759. The first kappa shape index (κ1) is 18.6. The maximum atomic E-state index is 13.1. The third-order valence-corrected chi connectivity index (χ3v) is 4.90. The van der Waals surface area contributed by atoms with E-state index in [9.17, 15) is 9.18 Å². The van der Waals surface area contributed by atoms with Crippen molar-refractivity contribution in [2.24, 2.45) is 0 Å². The zero-order valence-corrected chi connectivity index (χ0v) is 15.5. The largest absolute Gasteiger partial charge is 0.356 e. The molecular formula is C20H26FN3O2. The molecule has 2 heterocycles. The van der Waals surface area contributed by atoms with Crippen molar-refractivity contribution in [3.05, 3.63) is 41.3 Å². The molecule has 0 fully saturated rings. The van der Waals surface area contributed by atoms with Crippen LogP contribution in [0.4, 0.5) is 4.39 Å². The summed E-state index contributed by atoms with van der Waals surface area (Å²) in [4.78, 5) is 16.6. The number of halogens is 1. The van der Waals surface area contributed by atoms with Crippen LogP contribution in [0.1, 0.15) is 37.4 Å².